The Morgan fingerprint density at radius 3 is 1.90 bits per heavy atom. The molecule has 4 aromatic carbocycles. The van der Waals surface area contributed by atoms with Gasteiger partial charge in [-0.3, -0.25) is 14.6 Å². The number of piperazine rings is 1. The van der Waals surface area contributed by atoms with Crippen LogP contribution in [-0.2, 0) is 10.3 Å². The maximum atomic E-state index is 12.7. The van der Waals surface area contributed by atoms with E-state index in [-0.39, 0.29) is 18.0 Å². The highest BCUT2D eigenvalue weighted by molar-refractivity contribution is 6.04. The highest BCUT2D eigenvalue weighted by Crippen LogP contribution is 2.43. The molecule has 5 aromatic rings. The molecule has 1 unspecified atom stereocenters. The van der Waals surface area contributed by atoms with Gasteiger partial charge in [0.25, 0.3) is 5.91 Å². The van der Waals surface area contributed by atoms with Crippen molar-refractivity contribution < 1.29 is 9.59 Å². The van der Waals surface area contributed by atoms with Crippen LogP contribution < -0.4 is 4.90 Å². The molecule has 0 saturated carbocycles. The number of carbonyl (C=O) groups excluding carboxylic acids is 2. The van der Waals surface area contributed by atoms with Crippen LogP contribution in [0.2, 0.25) is 0 Å². The molecule has 0 spiro atoms. The van der Waals surface area contributed by atoms with E-state index in [0.717, 1.165) is 76.0 Å². The fourth-order valence-electron chi connectivity index (χ4n) is 8.14. The Balaban J connectivity index is 1.01. The summed E-state index contributed by atoms with van der Waals surface area (Å²) in [5.74, 6) is 0.0120. The summed E-state index contributed by atoms with van der Waals surface area (Å²) in [5.41, 5.74) is 6.20. The lowest BCUT2D eigenvalue weighted by atomic mass is 9.76. The molecule has 48 heavy (non-hydrogen) atoms. The smallest absolute Gasteiger partial charge is 0.327 e. The molecule has 0 aliphatic carbocycles. The Bertz CT molecular complexity index is 1770. The van der Waals surface area contributed by atoms with Crippen molar-refractivity contribution in [3.8, 4) is 0 Å². The number of anilines is 1. The first-order valence-electron chi connectivity index (χ1n) is 17.4. The zero-order chi connectivity index (χ0) is 32.5. The van der Waals surface area contributed by atoms with Gasteiger partial charge in [-0.1, -0.05) is 91.0 Å². The Morgan fingerprint density at radius 2 is 1.29 bits per heavy atom. The number of imidazole rings is 1. The minimum Gasteiger partial charge on any atom is -0.369 e. The van der Waals surface area contributed by atoms with Crippen molar-refractivity contribution in [2.45, 2.75) is 37.3 Å². The lowest BCUT2D eigenvalue weighted by molar-refractivity contribution is -0.128. The predicted molar refractivity (Wildman–Crippen MR) is 189 cm³/mol. The molecule has 1 aromatic heterocycles. The second-order valence-electron chi connectivity index (χ2n) is 13.3. The van der Waals surface area contributed by atoms with Crippen LogP contribution in [0.5, 0.6) is 0 Å². The molecule has 0 radical (unpaired) electrons. The Morgan fingerprint density at radius 1 is 0.688 bits per heavy atom. The van der Waals surface area contributed by atoms with E-state index in [0.29, 0.717) is 6.54 Å². The van der Waals surface area contributed by atoms with Crippen molar-refractivity contribution in [2.75, 3.05) is 50.7 Å². The van der Waals surface area contributed by atoms with E-state index in [2.05, 4.69) is 124 Å². The highest BCUT2D eigenvalue weighted by Gasteiger charge is 2.47. The van der Waals surface area contributed by atoms with Gasteiger partial charge in [0.15, 0.2) is 0 Å². The van der Waals surface area contributed by atoms with E-state index in [4.69, 9.17) is 4.98 Å². The molecule has 3 aliphatic heterocycles. The van der Waals surface area contributed by atoms with Crippen LogP contribution in [-0.4, -0.2) is 88.0 Å². The molecule has 1 atom stereocenters. The normalized spacial score (nSPS) is 18.7. The van der Waals surface area contributed by atoms with Crippen molar-refractivity contribution >= 4 is 28.7 Å². The summed E-state index contributed by atoms with van der Waals surface area (Å²) in [5, 5.41) is 0. The van der Waals surface area contributed by atoms with Gasteiger partial charge in [-0.15, -0.1) is 0 Å². The zero-order valence-corrected chi connectivity index (χ0v) is 27.3. The van der Waals surface area contributed by atoms with Crippen molar-refractivity contribution in [1.82, 2.24) is 24.3 Å². The third kappa shape index (κ3) is 5.24. The van der Waals surface area contributed by atoms with Crippen LogP contribution in [0.25, 0.3) is 11.0 Å². The number of urea groups is 1. The van der Waals surface area contributed by atoms with Crippen LogP contribution in [0.3, 0.4) is 0 Å². The molecule has 0 N–H and O–H groups in total. The molecule has 3 fully saturated rings. The third-order valence-corrected chi connectivity index (χ3v) is 10.6. The van der Waals surface area contributed by atoms with E-state index >= 15 is 0 Å². The van der Waals surface area contributed by atoms with Gasteiger partial charge in [0.1, 0.15) is 11.6 Å². The summed E-state index contributed by atoms with van der Waals surface area (Å²) in [6.45, 7) is 6.10. The number of hydrogen-bond donors (Lipinski definition) is 0. The van der Waals surface area contributed by atoms with Gasteiger partial charge in [-0.05, 0) is 67.1 Å². The van der Waals surface area contributed by atoms with E-state index in [9.17, 15) is 9.59 Å². The summed E-state index contributed by atoms with van der Waals surface area (Å²) in [7, 11) is 0. The Hall–Kier alpha value is -4.95. The van der Waals surface area contributed by atoms with Gasteiger partial charge in [-0.25, -0.2) is 9.78 Å². The zero-order valence-electron chi connectivity index (χ0n) is 27.3. The minimum absolute atomic E-state index is 0.0120. The topological polar surface area (TPSA) is 64.9 Å². The average molecular weight is 639 g/mol. The monoisotopic (exact) mass is 638 g/mol. The van der Waals surface area contributed by atoms with E-state index in [1.807, 2.05) is 6.33 Å². The van der Waals surface area contributed by atoms with Gasteiger partial charge < -0.3 is 14.4 Å². The predicted octanol–water partition coefficient (Wildman–Crippen LogP) is 6.21. The summed E-state index contributed by atoms with van der Waals surface area (Å²) in [6.07, 6.45) is 5.59. The van der Waals surface area contributed by atoms with Gasteiger partial charge in [0, 0.05) is 45.0 Å². The quantitative estimate of drug-likeness (QED) is 0.104. The first-order valence-corrected chi connectivity index (χ1v) is 17.4. The maximum Gasteiger partial charge on any atom is 0.327 e. The molecule has 244 valence electrons. The molecule has 8 heteroatoms. The van der Waals surface area contributed by atoms with Crippen molar-refractivity contribution in [1.29, 1.82) is 0 Å². The first-order chi connectivity index (χ1) is 23.6. The number of imide groups is 1. The number of carbonyl (C=O) groups is 2. The maximum absolute atomic E-state index is 12.7. The first kappa shape index (κ1) is 30.4. The van der Waals surface area contributed by atoms with Gasteiger partial charge in [0.05, 0.1) is 17.4 Å². The largest absolute Gasteiger partial charge is 0.369 e. The number of unbranched alkanes of at least 4 members (excludes halogenated alkanes) is 1. The number of hydrogen-bond acceptors (Lipinski definition) is 5. The van der Waals surface area contributed by atoms with Crippen molar-refractivity contribution in [2.24, 2.45) is 0 Å². The minimum atomic E-state index is -0.615. The summed E-state index contributed by atoms with van der Waals surface area (Å²) >= 11 is 0. The van der Waals surface area contributed by atoms with Crippen LogP contribution in [0.1, 0.15) is 42.4 Å². The fraction of sp³-hybridized carbons (Fsp3) is 0.325. The Kier molecular flexibility index (Phi) is 8.18. The second-order valence-corrected chi connectivity index (χ2v) is 13.3. The molecular weight excluding hydrogens is 596 g/mol. The molecule has 3 saturated heterocycles. The van der Waals surface area contributed by atoms with Crippen LogP contribution >= 0.6 is 0 Å². The van der Waals surface area contributed by atoms with Crippen molar-refractivity contribution in [3.63, 3.8) is 0 Å². The molecule has 3 aliphatic rings. The molecule has 8 rings (SSSR count). The van der Waals surface area contributed by atoms with Gasteiger partial charge >= 0.3 is 6.03 Å². The number of aromatic nitrogens is 2. The summed E-state index contributed by atoms with van der Waals surface area (Å²) in [4.78, 5) is 38.5. The molecular formula is C40H42N6O2. The number of fused-ring (bicyclic) bond motifs is 2. The lowest BCUT2D eigenvalue weighted by Gasteiger charge is -2.38. The number of rotatable bonds is 10. The Labute approximate surface area is 282 Å². The second kappa shape index (κ2) is 12.9. The van der Waals surface area contributed by atoms with E-state index in [1.165, 1.54) is 27.3 Å². The number of amides is 3. The highest BCUT2D eigenvalue weighted by atomic mass is 16.2. The molecule has 4 heterocycles. The van der Waals surface area contributed by atoms with E-state index in [1.54, 1.807) is 4.90 Å². The van der Waals surface area contributed by atoms with Crippen LogP contribution in [0, 0.1) is 0 Å². The van der Waals surface area contributed by atoms with Crippen LogP contribution in [0.4, 0.5) is 10.5 Å². The summed E-state index contributed by atoms with van der Waals surface area (Å²) in [6, 6.07) is 38.7. The van der Waals surface area contributed by atoms with Crippen molar-refractivity contribution in [3.05, 3.63) is 132 Å². The molecule has 0 bridgehead atoms. The lowest BCUT2D eigenvalue weighted by Crippen LogP contribution is -2.46. The third-order valence-electron chi connectivity index (χ3n) is 10.6. The fourth-order valence-corrected chi connectivity index (χ4v) is 8.14. The summed E-state index contributed by atoms with van der Waals surface area (Å²) < 4.78 is 2.36. The van der Waals surface area contributed by atoms with E-state index < -0.39 is 5.54 Å². The number of benzene rings is 4. The molecule has 3 amide bonds. The number of nitrogens with zero attached hydrogens (tertiary/aromatic N) is 6. The van der Waals surface area contributed by atoms with Crippen LogP contribution in [0.15, 0.2) is 116 Å². The van der Waals surface area contributed by atoms with Gasteiger partial charge in [-0.2, -0.15) is 0 Å². The SMILES string of the molecule is O=C1C2CCCN2C(=O)N1CCCCN1CCN(c2ccc3ncn(C(c4ccccc4)(c4ccccc4)c4ccccc4)c3c2)CC1. The molecule has 8 nitrogen and oxygen atoms in total. The average Bonchev–Trinajstić information content (AvgIpc) is 3.86. The van der Waals surface area contributed by atoms with Gasteiger partial charge in [0.2, 0.25) is 0 Å². The standard InChI is InChI=1S/C40H42N6O2/c47-38-36-19-12-24-44(36)39(48)45(38)23-11-10-22-42-25-27-43(28-26-42)34-20-21-35-37(29-34)46(30-41-35)40(31-13-4-1-5-14-31,32-15-6-2-7-16-32)33-17-8-3-9-18-33/h1-9,13-18,20-21,29-30,36H,10-12,19,22-28H2.